The molecule has 5 nitrogen and oxygen atoms in total. The normalized spacial score (nSPS) is 9.52. The molecule has 0 aliphatic rings. The van der Waals surface area contributed by atoms with Crippen LogP contribution < -0.4 is 11.1 Å². The van der Waals surface area contributed by atoms with Gasteiger partial charge in [-0.3, -0.25) is 9.59 Å². The summed E-state index contributed by atoms with van der Waals surface area (Å²) in [6.07, 6.45) is 0. The van der Waals surface area contributed by atoms with Gasteiger partial charge in [0.15, 0.2) is 0 Å². The van der Waals surface area contributed by atoms with Gasteiger partial charge in [-0.1, -0.05) is 11.8 Å². The predicted octanol–water partition coefficient (Wildman–Crippen LogP) is 0.344. The van der Waals surface area contributed by atoms with Crippen molar-refractivity contribution in [3.8, 4) is 11.8 Å². The van der Waals surface area contributed by atoms with Gasteiger partial charge in [-0.25, -0.2) is 4.39 Å². The van der Waals surface area contributed by atoms with Crippen molar-refractivity contribution in [2.45, 2.75) is 6.92 Å². The third-order valence-electron chi connectivity index (χ3n) is 2.82. The molecule has 0 unspecified atom stereocenters. The Kier molecular flexibility index (Phi) is 6.37. The summed E-state index contributed by atoms with van der Waals surface area (Å²) in [5, 5.41) is 2.46. The third kappa shape index (κ3) is 4.58. The monoisotopic (exact) mass is 291 g/mol. The Balaban J connectivity index is 3.12. The van der Waals surface area contributed by atoms with Crippen LogP contribution in [-0.4, -0.2) is 43.4 Å². The molecule has 0 atom stereocenters. The summed E-state index contributed by atoms with van der Waals surface area (Å²) < 4.78 is 13.3. The van der Waals surface area contributed by atoms with Gasteiger partial charge in [0.1, 0.15) is 5.82 Å². The lowest BCUT2D eigenvalue weighted by atomic mass is 10.1. The highest BCUT2D eigenvalue weighted by molar-refractivity contribution is 5.98. The summed E-state index contributed by atoms with van der Waals surface area (Å²) in [5.74, 6) is 4.14. The Morgan fingerprint density at radius 3 is 2.71 bits per heavy atom. The second-order valence-electron chi connectivity index (χ2n) is 4.19. The zero-order chi connectivity index (χ0) is 15.8. The summed E-state index contributed by atoms with van der Waals surface area (Å²) in [6.45, 7) is 2.16. The second-order valence-corrected chi connectivity index (χ2v) is 4.19. The van der Waals surface area contributed by atoms with E-state index in [-0.39, 0.29) is 36.0 Å². The molecule has 1 aromatic rings. The Hall–Kier alpha value is -2.39. The van der Waals surface area contributed by atoms with Crippen LogP contribution in [-0.2, 0) is 4.79 Å². The molecule has 0 heterocycles. The van der Waals surface area contributed by atoms with Crippen LogP contribution in [0.4, 0.5) is 4.39 Å². The van der Waals surface area contributed by atoms with Gasteiger partial charge in [-0.05, 0) is 25.1 Å². The highest BCUT2D eigenvalue weighted by Crippen LogP contribution is 2.13. The molecule has 0 bridgehead atoms. The van der Waals surface area contributed by atoms with Gasteiger partial charge in [-0.15, -0.1) is 0 Å². The van der Waals surface area contributed by atoms with E-state index < -0.39 is 5.82 Å². The minimum Gasteiger partial charge on any atom is -0.358 e. The number of carbonyl (C=O) groups excluding carboxylic acids is 2. The summed E-state index contributed by atoms with van der Waals surface area (Å²) in [5.41, 5.74) is 5.81. The van der Waals surface area contributed by atoms with Gasteiger partial charge in [0.25, 0.3) is 5.91 Å². The maximum Gasteiger partial charge on any atom is 0.255 e. The molecule has 21 heavy (non-hydrogen) atoms. The van der Waals surface area contributed by atoms with Crippen LogP contribution in [0.25, 0.3) is 0 Å². The number of likely N-dealkylation sites (N-methyl/N-ethyl adjacent to an activating group) is 2. The van der Waals surface area contributed by atoms with Crippen LogP contribution in [0.15, 0.2) is 18.2 Å². The molecule has 0 spiro atoms. The van der Waals surface area contributed by atoms with Crippen molar-refractivity contribution >= 4 is 11.8 Å². The van der Waals surface area contributed by atoms with Crippen LogP contribution in [0.2, 0.25) is 0 Å². The van der Waals surface area contributed by atoms with Crippen molar-refractivity contribution in [3.05, 3.63) is 35.1 Å². The lowest BCUT2D eigenvalue weighted by molar-refractivity contribution is -0.121. The minimum absolute atomic E-state index is 0.0625. The van der Waals surface area contributed by atoms with Crippen LogP contribution in [0.5, 0.6) is 0 Å². The van der Waals surface area contributed by atoms with Gasteiger partial charge in [0.05, 0.1) is 18.7 Å². The third-order valence-corrected chi connectivity index (χ3v) is 2.82. The molecule has 0 saturated carbocycles. The van der Waals surface area contributed by atoms with Crippen molar-refractivity contribution in [2.24, 2.45) is 5.73 Å². The first-order chi connectivity index (χ1) is 10.0. The van der Waals surface area contributed by atoms with Crippen molar-refractivity contribution < 1.29 is 14.0 Å². The van der Waals surface area contributed by atoms with Gasteiger partial charge in [0.2, 0.25) is 5.91 Å². The molecule has 112 valence electrons. The number of hydrogen-bond donors (Lipinski definition) is 2. The maximum atomic E-state index is 13.3. The van der Waals surface area contributed by atoms with Crippen LogP contribution in [0.3, 0.4) is 0 Å². The summed E-state index contributed by atoms with van der Waals surface area (Å²) in [7, 11) is 1.50. The van der Waals surface area contributed by atoms with Crippen molar-refractivity contribution in [1.82, 2.24) is 10.2 Å². The first kappa shape index (κ1) is 16.7. The number of nitrogens with one attached hydrogen (secondary N) is 1. The zero-order valence-corrected chi connectivity index (χ0v) is 12.1. The lowest BCUT2D eigenvalue weighted by Gasteiger charge is -2.20. The van der Waals surface area contributed by atoms with E-state index in [4.69, 9.17) is 5.73 Å². The van der Waals surface area contributed by atoms with Gasteiger partial charge < -0.3 is 16.0 Å². The van der Waals surface area contributed by atoms with Gasteiger partial charge in [-0.2, -0.15) is 0 Å². The number of nitrogens with zero attached hydrogens (tertiary/aromatic N) is 1. The number of halogens is 1. The Morgan fingerprint density at radius 2 is 2.14 bits per heavy atom. The largest absolute Gasteiger partial charge is 0.358 e. The molecule has 0 aliphatic carbocycles. The van der Waals surface area contributed by atoms with Crippen LogP contribution in [0.1, 0.15) is 22.8 Å². The average Bonchev–Trinajstić information content (AvgIpc) is 2.49. The highest BCUT2D eigenvalue weighted by Gasteiger charge is 2.19. The molecule has 0 fully saturated rings. The summed E-state index contributed by atoms with van der Waals surface area (Å²) >= 11 is 0. The van der Waals surface area contributed by atoms with E-state index in [1.54, 1.807) is 6.92 Å². The van der Waals surface area contributed by atoms with Crippen molar-refractivity contribution in [2.75, 3.05) is 26.7 Å². The number of amides is 2. The topological polar surface area (TPSA) is 75.4 Å². The first-order valence-corrected chi connectivity index (χ1v) is 6.51. The number of nitrogens with two attached hydrogens (primary N) is 1. The van der Waals surface area contributed by atoms with Crippen LogP contribution in [0, 0.1) is 17.7 Å². The van der Waals surface area contributed by atoms with E-state index in [1.807, 2.05) is 0 Å². The first-order valence-electron chi connectivity index (χ1n) is 6.51. The standard InChI is InChI=1S/C15H18FN3O2/c1-3-19(10-14(20)18-2)15(21)13-7-6-12(16)9-11(13)5-4-8-17/h6-7,9H,3,8,10,17H2,1-2H3,(H,18,20). The molecule has 2 amide bonds. The van der Waals surface area contributed by atoms with E-state index in [0.717, 1.165) is 0 Å². The Morgan fingerprint density at radius 1 is 1.43 bits per heavy atom. The fourth-order valence-electron chi connectivity index (χ4n) is 1.70. The predicted molar refractivity (Wildman–Crippen MR) is 78.0 cm³/mol. The molecule has 1 aromatic carbocycles. The van der Waals surface area contributed by atoms with E-state index in [2.05, 4.69) is 17.2 Å². The number of hydrogen-bond acceptors (Lipinski definition) is 3. The smallest absolute Gasteiger partial charge is 0.255 e. The van der Waals surface area contributed by atoms with Gasteiger partial charge >= 0.3 is 0 Å². The molecular weight excluding hydrogens is 273 g/mol. The second kappa shape index (κ2) is 8.02. The fourth-order valence-corrected chi connectivity index (χ4v) is 1.70. The molecule has 3 N–H and O–H groups in total. The molecule has 1 rings (SSSR count). The van der Waals surface area contributed by atoms with E-state index in [9.17, 15) is 14.0 Å². The summed E-state index contributed by atoms with van der Waals surface area (Å²) in [4.78, 5) is 25.2. The van der Waals surface area contributed by atoms with E-state index in [1.165, 1.54) is 30.1 Å². The Labute approximate surface area is 123 Å². The lowest BCUT2D eigenvalue weighted by Crippen LogP contribution is -2.39. The van der Waals surface area contributed by atoms with E-state index >= 15 is 0 Å². The van der Waals surface area contributed by atoms with Crippen molar-refractivity contribution in [1.29, 1.82) is 0 Å². The highest BCUT2D eigenvalue weighted by atomic mass is 19.1. The van der Waals surface area contributed by atoms with Crippen molar-refractivity contribution in [3.63, 3.8) is 0 Å². The number of carbonyl (C=O) groups is 2. The molecule has 0 aromatic heterocycles. The van der Waals surface area contributed by atoms with E-state index in [0.29, 0.717) is 6.54 Å². The average molecular weight is 291 g/mol. The van der Waals surface area contributed by atoms with Crippen LogP contribution >= 0.6 is 0 Å². The Bertz CT molecular complexity index is 590. The molecule has 0 saturated heterocycles. The molecule has 0 aliphatic heterocycles. The quantitative estimate of drug-likeness (QED) is 0.786. The molecule has 6 heteroatoms. The molecular formula is C15H18FN3O2. The maximum absolute atomic E-state index is 13.3. The fraction of sp³-hybridized carbons (Fsp3) is 0.333. The summed E-state index contributed by atoms with van der Waals surface area (Å²) in [6, 6.07) is 3.74. The number of benzene rings is 1. The zero-order valence-electron chi connectivity index (χ0n) is 12.1. The SMILES string of the molecule is CCN(CC(=O)NC)C(=O)c1ccc(F)cc1C#CCN. The van der Waals surface area contributed by atoms with Gasteiger partial charge in [0, 0.05) is 19.2 Å². The molecule has 0 radical (unpaired) electrons. The number of rotatable bonds is 4. The minimum atomic E-state index is -0.484.